The van der Waals surface area contributed by atoms with E-state index in [4.69, 9.17) is 5.11 Å². The van der Waals surface area contributed by atoms with Gasteiger partial charge in [-0.2, -0.15) is 0 Å². The molecule has 13 heavy (non-hydrogen) atoms. The first-order valence-electron chi connectivity index (χ1n) is 3.67. The Morgan fingerprint density at radius 3 is 2.62 bits per heavy atom. The lowest BCUT2D eigenvalue weighted by Crippen LogP contribution is -1.94. The number of nitro groups is 1. The lowest BCUT2D eigenvalue weighted by Gasteiger charge is -2.05. The summed E-state index contributed by atoms with van der Waals surface area (Å²) in [4.78, 5) is 9.75. The van der Waals surface area contributed by atoms with Crippen molar-refractivity contribution in [3.8, 4) is 5.75 Å². The van der Waals surface area contributed by atoms with Gasteiger partial charge in [-0.05, 0) is 13.0 Å². The van der Waals surface area contributed by atoms with Crippen LogP contribution in [-0.2, 0) is 0 Å². The fraction of sp³-hybridized carbons (Fsp3) is 0.250. The topological polar surface area (TPSA) is 83.6 Å². The number of rotatable bonds is 2. The smallest absolute Gasteiger partial charge is 0.270 e. The van der Waals surface area contributed by atoms with Crippen molar-refractivity contribution in [2.45, 2.75) is 13.0 Å². The van der Waals surface area contributed by atoms with Crippen LogP contribution < -0.4 is 0 Å². The molecule has 0 radical (unpaired) electrons. The molecule has 5 heteroatoms. The van der Waals surface area contributed by atoms with E-state index in [0.29, 0.717) is 0 Å². The van der Waals surface area contributed by atoms with Gasteiger partial charge in [0, 0.05) is 17.7 Å². The van der Waals surface area contributed by atoms with E-state index in [0.717, 1.165) is 6.07 Å². The highest BCUT2D eigenvalue weighted by atomic mass is 16.6. The van der Waals surface area contributed by atoms with Gasteiger partial charge in [0.2, 0.25) is 0 Å². The SMILES string of the molecule is CC(O)c1cc([N+](=O)[O-])ccc1O. The molecule has 0 aliphatic heterocycles. The van der Waals surface area contributed by atoms with Crippen LogP contribution >= 0.6 is 0 Å². The predicted octanol–water partition coefficient (Wildman–Crippen LogP) is 1.35. The number of hydrogen-bond acceptors (Lipinski definition) is 4. The van der Waals surface area contributed by atoms with E-state index in [2.05, 4.69) is 0 Å². The highest BCUT2D eigenvalue weighted by molar-refractivity contribution is 5.43. The summed E-state index contributed by atoms with van der Waals surface area (Å²) in [5.41, 5.74) is 0.0166. The Labute approximate surface area is 74.4 Å². The highest BCUT2D eigenvalue weighted by Crippen LogP contribution is 2.27. The van der Waals surface area contributed by atoms with Crippen molar-refractivity contribution in [3.05, 3.63) is 33.9 Å². The molecular weight excluding hydrogens is 174 g/mol. The third-order valence-electron chi connectivity index (χ3n) is 1.67. The van der Waals surface area contributed by atoms with Gasteiger partial charge in [0.05, 0.1) is 11.0 Å². The molecule has 0 fully saturated rings. The number of benzene rings is 1. The third-order valence-corrected chi connectivity index (χ3v) is 1.67. The Morgan fingerprint density at radius 2 is 2.15 bits per heavy atom. The zero-order valence-corrected chi connectivity index (χ0v) is 6.97. The first kappa shape index (κ1) is 9.47. The van der Waals surface area contributed by atoms with E-state index in [1.165, 1.54) is 19.1 Å². The van der Waals surface area contributed by atoms with Gasteiger partial charge in [-0.1, -0.05) is 0 Å². The van der Waals surface area contributed by atoms with Crippen molar-refractivity contribution in [2.75, 3.05) is 0 Å². The summed E-state index contributed by atoms with van der Waals surface area (Å²) in [5.74, 6) is -0.138. The fourth-order valence-electron chi connectivity index (χ4n) is 0.990. The van der Waals surface area contributed by atoms with Gasteiger partial charge in [0.25, 0.3) is 5.69 Å². The van der Waals surface area contributed by atoms with E-state index in [-0.39, 0.29) is 17.0 Å². The minimum atomic E-state index is -0.917. The normalized spacial score (nSPS) is 12.5. The van der Waals surface area contributed by atoms with Crippen molar-refractivity contribution < 1.29 is 15.1 Å². The molecule has 2 N–H and O–H groups in total. The van der Waals surface area contributed by atoms with Crippen LogP contribution in [0.3, 0.4) is 0 Å². The first-order chi connectivity index (χ1) is 6.02. The Balaban J connectivity index is 3.19. The van der Waals surface area contributed by atoms with Crippen LogP contribution in [0.15, 0.2) is 18.2 Å². The van der Waals surface area contributed by atoms with Crippen molar-refractivity contribution in [2.24, 2.45) is 0 Å². The number of nitro benzene ring substituents is 1. The molecule has 0 spiro atoms. The van der Waals surface area contributed by atoms with Crippen LogP contribution in [-0.4, -0.2) is 15.1 Å². The number of phenolic OH excluding ortho intramolecular Hbond substituents is 1. The second-order valence-electron chi connectivity index (χ2n) is 2.68. The van der Waals surface area contributed by atoms with Gasteiger partial charge >= 0.3 is 0 Å². The largest absolute Gasteiger partial charge is 0.508 e. The molecule has 1 aromatic carbocycles. The second kappa shape index (κ2) is 3.40. The van der Waals surface area contributed by atoms with Crippen LogP contribution in [0.2, 0.25) is 0 Å². The molecule has 0 aliphatic carbocycles. The van der Waals surface area contributed by atoms with E-state index >= 15 is 0 Å². The van der Waals surface area contributed by atoms with Gasteiger partial charge in [0.1, 0.15) is 5.75 Å². The first-order valence-corrected chi connectivity index (χ1v) is 3.67. The molecule has 0 aliphatic rings. The van der Waals surface area contributed by atoms with Crippen LogP contribution in [0.1, 0.15) is 18.6 Å². The standard InChI is InChI=1S/C8H9NO4/c1-5(10)7-4-6(9(12)13)2-3-8(7)11/h2-5,10-11H,1H3. The number of phenols is 1. The molecule has 1 rings (SSSR count). The van der Waals surface area contributed by atoms with Crippen molar-refractivity contribution >= 4 is 5.69 Å². The second-order valence-corrected chi connectivity index (χ2v) is 2.68. The van der Waals surface area contributed by atoms with Crippen molar-refractivity contribution in [1.29, 1.82) is 0 Å². The van der Waals surface area contributed by atoms with E-state index in [1.807, 2.05) is 0 Å². The maximum atomic E-state index is 10.3. The van der Waals surface area contributed by atoms with Crippen molar-refractivity contribution in [3.63, 3.8) is 0 Å². The Morgan fingerprint density at radius 1 is 1.54 bits per heavy atom. The average Bonchev–Trinajstić information content (AvgIpc) is 2.04. The maximum Gasteiger partial charge on any atom is 0.270 e. The minimum absolute atomic E-state index is 0.138. The average molecular weight is 183 g/mol. The number of non-ortho nitro benzene ring substituents is 1. The molecule has 1 aromatic rings. The van der Waals surface area contributed by atoms with Gasteiger partial charge in [-0.3, -0.25) is 10.1 Å². The molecule has 70 valence electrons. The Hall–Kier alpha value is -1.62. The summed E-state index contributed by atoms with van der Waals surface area (Å²) in [5, 5.41) is 28.7. The van der Waals surface area contributed by atoms with E-state index < -0.39 is 11.0 Å². The van der Waals surface area contributed by atoms with Gasteiger partial charge in [-0.25, -0.2) is 0 Å². The molecule has 5 nitrogen and oxygen atoms in total. The lowest BCUT2D eigenvalue weighted by molar-refractivity contribution is -0.385. The number of hydrogen-bond donors (Lipinski definition) is 2. The van der Waals surface area contributed by atoms with E-state index in [9.17, 15) is 15.2 Å². The fourth-order valence-corrected chi connectivity index (χ4v) is 0.990. The number of aromatic hydroxyl groups is 1. The van der Waals surface area contributed by atoms with Gasteiger partial charge in [-0.15, -0.1) is 0 Å². The molecule has 1 unspecified atom stereocenters. The minimum Gasteiger partial charge on any atom is -0.508 e. The summed E-state index contributed by atoms with van der Waals surface area (Å²) in [6, 6.07) is 3.53. The summed E-state index contributed by atoms with van der Waals surface area (Å²) >= 11 is 0. The maximum absolute atomic E-state index is 10.3. The number of aliphatic hydroxyl groups is 1. The van der Waals surface area contributed by atoms with E-state index in [1.54, 1.807) is 0 Å². The monoisotopic (exact) mass is 183 g/mol. The molecule has 0 heterocycles. The number of aliphatic hydroxyl groups excluding tert-OH is 1. The lowest BCUT2D eigenvalue weighted by atomic mass is 10.1. The molecule has 1 atom stereocenters. The molecule has 0 saturated carbocycles. The van der Waals surface area contributed by atoms with Gasteiger partial charge < -0.3 is 10.2 Å². The summed E-state index contributed by atoms with van der Waals surface area (Å²) < 4.78 is 0. The summed E-state index contributed by atoms with van der Waals surface area (Å²) in [7, 11) is 0. The molecular formula is C8H9NO4. The molecule has 0 aromatic heterocycles. The third kappa shape index (κ3) is 1.94. The quantitative estimate of drug-likeness (QED) is 0.535. The van der Waals surface area contributed by atoms with Gasteiger partial charge in [0.15, 0.2) is 0 Å². The Kier molecular flexibility index (Phi) is 2.48. The predicted molar refractivity (Wildman–Crippen MR) is 45.4 cm³/mol. The van der Waals surface area contributed by atoms with Crippen LogP contribution in [0.25, 0.3) is 0 Å². The molecule has 0 amide bonds. The zero-order chi connectivity index (χ0) is 10.0. The Bertz CT molecular complexity index is 335. The molecule has 0 bridgehead atoms. The van der Waals surface area contributed by atoms with Crippen molar-refractivity contribution in [1.82, 2.24) is 0 Å². The molecule has 0 saturated heterocycles. The van der Waals surface area contributed by atoms with Crippen LogP contribution in [0.4, 0.5) is 5.69 Å². The zero-order valence-electron chi connectivity index (χ0n) is 6.97. The number of nitrogens with zero attached hydrogens (tertiary/aromatic N) is 1. The highest BCUT2D eigenvalue weighted by Gasteiger charge is 2.13. The summed E-state index contributed by atoms with van der Waals surface area (Å²) in [6.07, 6.45) is -0.917. The summed E-state index contributed by atoms with van der Waals surface area (Å²) in [6.45, 7) is 1.43. The van der Waals surface area contributed by atoms with Crippen LogP contribution in [0.5, 0.6) is 5.75 Å². The van der Waals surface area contributed by atoms with Crippen LogP contribution in [0, 0.1) is 10.1 Å².